The zero-order valence-corrected chi connectivity index (χ0v) is 9.70. The van der Waals surface area contributed by atoms with Crippen LogP contribution in [0.4, 0.5) is 0 Å². The van der Waals surface area contributed by atoms with E-state index in [-0.39, 0.29) is 11.9 Å². The molecule has 16 heavy (non-hydrogen) atoms. The van der Waals surface area contributed by atoms with Gasteiger partial charge in [-0.25, -0.2) is 0 Å². The van der Waals surface area contributed by atoms with E-state index in [1.54, 1.807) is 0 Å². The van der Waals surface area contributed by atoms with Crippen molar-refractivity contribution in [2.24, 2.45) is 0 Å². The first-order chi connectivity index (χ1) is 7.59. The van der Waals surface area contributed by atoms with E-state index in [9.17, 15) is 4.79 Å². The normalized spacial score (nSPS) is 11.0. The van der Waals surface area contributed by atoms with Crippen LogP contribution in [0.15, 0.2) is 28.7 Å². The lowest BCUT2D eigenvalue weighted by atomic mass is 10.1. The van der Waals surface area contributed by atoms with Gasteiger partial charge in [0.05, 0.1) is 0 Å². The van der Waals surface area contributed by atoms with E-state index in [0.717, 1.165) is 16.5 Å². The number of carbonyl (C=O) groups excluding carboxylic acids is 1. The first-order valence-corrected chi connectivity index (χ1v) is 5.38. The van der Waals surface area contributed by atoms with Crippen molar-refractivity contribution in [3.05, 3.63) is 35.6 Å². The number of fused-ring (bicyclic) bond motifs is 1. The van der Waals surface area contributed by atoms with Gasteiger partial charge in [-0.15, -0.1) is 0 Å². The van der Waals surface area contributed by atoms with Crippen LogP contribution in [0.5, 0.6) is 0 Å². The molecule has 0 saturated carbocycles. The Balaban J connectivity index is 2.45. The highest BCUT2D eigenvalue weighted by molar-refractivity contribution is 5.98. The van der Waals surface area contributed by atoms with E-state index in [1.807, 2.05) is 45.0 Å². The van der Waals surface area contributed by atoms with Crippen molar-refractivity contribution in [2.75, 3.05) is 0 Å². The maximum absolute atomic E-state index is 11.8. The quantitative estimate of drug-likeness (QED) is 0.840. The van der Waals surface area contributed by atoms with Crippen LogP contribution >= 0.6 is 0 Å². The average molecular weight is 217 g/mol. The third-order valence-corrected chi connectivity index (χ3v) is 2.47. The molecule has 0 unspecified atom stereocenters. The molecule has 0 saturated heterocycles. The van der Waals surface area contributed by atoms with E-state index in [2.05, 4.69) is 5.32 Å². The van der Waals surface area contributed by atoms with Gasteiger partial charge in [0.25, 0.3) is 5.91 Å². The lowest BCUT2D eigenvalue weighted by molar-refractivity contribution is 0.0916. The van der Waals surface area contributed by atoms with Crippen LogP contribution < -0.4 is 5.32 Å². The predicted octanol–water partition coefficient (Wildman–Crippen LogP) is 2.88. The molecule has 3 heteroatoms. The maximum atomic E-state index is 11.8. The number of furan rings is 1. The summed E-state index contributed by atoms with van der Waals surface area (Å²) in [5.41, 5.74) is 1.66. The summed E-state index contributed by atoms with van der Waals surface area (Å²) in [7, 11) is 0. The molecule has 0 aliphatic carbocycles. The first kappa shape index (κ1) is 10.7. The predicted molar refractivity (Wildman–Crippen MR) is 63.6 cm³/mol. The molecule has 1 aromatic heterocycles. The van der Waals surface area contributed by atoms with E-state index in [0.29, 0.717) is 5.76 Å². The molecule has 1 N–H and O–H groups in total. The van der Waals surface area contributed by atoms with Gasteiger partial charge < -0.3 is 9.73 Å². The number of nitrogens with one attached hydrogen (secondary N) is 1. The molecular formula is C13H15NO2. The molecule has 1 amide bonds. The molecule has 2 aromatic rings. The van der Waals surface area contributed by atoms with Crippen LogP contribution in [-0.4, -0.2) is 11.9 Å². The zero-order valence-electron chi connectivity index (χ0n) is 9.70. The van der Waals surface area contributed by atoms with Crippen molar-refractivity contribution >= 4 is 16.9 Å². The number of rotatable bonds is 2. The van der Waals surface area contributed by atoms with Gasteiger partial charge in [0.15, 0.2) is 5.76 Å². The zero-order chi connectivity index (χ0) is 11.7. The van der Waals surface area contributed by atoms with Gasteiger partial charge in [-0.05, 0) is 26.8 Å². The van der Waals surface area contributed by atoms with Crippen molar-refractivity contribution in [3.8, 4) is 0 Å². The Bertz CT molecular complexity index is 526. The molecule has 0 atom stereocenters. The summed E-state index contributed by atoms with van der Waals surface area (Å²) in [5.74, 6) is 0.263. The van der Waals surface area contributed by atoms with Gasteiger partial charge in [-0.1, -0.05) is 18.2 Å². The Kier molecular flexibility index (Phi) is 2.69. The number of hydrogen-bond donors (Lipinski definition) is 1. The minimum absolute atomic E-state index is 0.111. The van der Waals surface area contributed by atoms with E-state index >= 15 is 0 Å². The van der Waals surface area contributed by atoms with Crippen molar-refractivity contribution in [1.82, 2.24) is 5.32 Å². The van der Waals surface area contributed by atoms with Crippen molar-refractivity contribution in [2.45, 2.75) is 26.8 Å². The highest BCUT2D eigenvalue weighted by atomic mass is 16.3. The summed E-state index contributed by atoms with van der Waals surface area (Å²) in [6.45, 7) is 5.76. The lowest BCUT2D eigenvalue weighted by Gasteiger charge is -2.06. The van der Waals surface area contributed by atoms with Gasteiger partial charge in [0.1, 0.15) is 5.58 Å². The summed E-state index contributed by atoms with van der Waals surface area (Å²) < 4.78 is 5.55. The molecule has 0 fully saturated rings. The number of para-hydroxylation sites is 1. The third kappa shape index (κ3) is 1.81. The van der Waals surface area contributed by atoms with Gasteiger partial charge in [0, 0.05) is 17.0 Å². The summed E-state index contributed by atoms with van der Waals surface area (Å²) in [6, 6.07) is 7.78. The van der Waals surface area contributed by atoms with Crippen LogP contribution in [0.25, 0.3) is 11.0 Å². The minimum Gasteiger partial charge on any atom is -0.451 e. The fourth-order valence-corrected chi connectivity index (χ4v) is 1.72. The summed E-state index contributed by atoms with van der Waals surface area (Å²) in [5, 5.41) is 3.82. The molecule has 0 bridgehead atoms. The van der Waals surface area contributed by atoms with Crippen LogP contribution in [-0.2, 0) is 0 Å². The molecule has 0 aliphatic rings. The topological polar surface area (TPSA) is 42.2 Å². The Morgan fingerprint density at radius 2 is 2.00 bits per heavy atom. The molecule has 0 aliphatic heterocycles. The standard InChI is InChI=1S/C13H15NO2/c1-8(2)14-13(15)12-9(3)10-6-4-5-7-11(10)16-12/h4-8H,1-3H3,(H,14,15). The summed E-state index contributed by atoms with van der Waals surface area (Å²) in [6.07, 6.45) is 0. The largest absolute Gasteiger partial charge is 0.451 e. The smallest absolute Gasteiger partial charge is 0.287 e. The monoisotopic (exact) mass is 217 g/mol. The Labute approximate surface area is 94.4 Å². The van der Waals surface area contributed by atoms with Crippen LogP contribution in [0.1, 0.15) is 30.0 Å². The van der Waals surface area contributed by atoms with E-state index in [1.165, 1.54) is 0 Å². The highest BCUT2D eigenvalue weighted by Gasteiger charge is 2.17. The molecule has 1 heterocycles. The van der Waals surface area contributed by atoms with Crippen LogP contribution in [0, 0.1) is 6.92 Å². The van der Waals surface area contributed by atoms with Gasteiger partial charge >= 0.3 is 0 Å². The average Bonchev–Trinajstić information content (AvgIpc) is 2.56. The molecule has 2 rings (SSSR count). The molecular weight excluding hydrogens is 202 g/mol. The second-order valence-corrected chi connectivity index (χ2v) is 4.18. The van der Waals surface area contributed by atoms with Gasteiger partial charge in [-0.3, -0.25) is 4.79 Å². The van der Waals surface area contributed by atoms with E-state index in [4.69, 9.17) is 4.42 Å². The van der Waals surface area contributed by atoms with Crippen LogP contribution in [0.3, 0.4) is 0 Å². The minimum atomic E-state index is -0.149. The number of aryl methyl sites for hydroxylation is 1. The van der Waals surface area contributed by atoms with Gasteiger partial charge in [0.2, 0.25) is 0 Å². The second kappa shape index (κ2) is 4.00. The number of hydrogen-bond acceptors (Lipinski definition) is 2. The number of carbonyl (C=O) groups is 1. The second-order valence-electron chi connectivity index (χ2n) is 4.18. The third-order valence-electron chi connectivity index (χ3n) is 2.47. The molecule has 0 radical (unpaired) electrons. The Morgan fingerprint density at radius 1 is 1.31 bits per heavy atom. The number of amides is 1. The summed E-state index contributed by atoms with van der Waals surface area (Å²) in [4.78, 5) is 11.8. The highest BCUT2D eigenvalue weighted by Crippen LogP contribution is 2.24. The van der Waals surface area contributed by atoms with Crippen molar-refractivity contribution in [1.29, 1.82) is 0 Å². The SMILES string of the molecule is Cc1c(C(=O)NC(C)C)oc2ccccc12. The fraction of sp³-hybridized carbons (Fsp3) is 0.308. The Morgan fingerprint density at radius 3 is 2.62 bits per heavy atom. The Hall–Kier alpha value is -1.77. The molecule has 3 nitrogen and oxygen atoms in total. The van der Waals surface area contributed by atoms with Gasteiger partial charge in [-0.2, -0.15) is 0 Å². The van der Waals surface area contributed by atoms with E-state index < -0.39 is 0 Å². The molecule has 1 aromatic carbocycles. The van der Waals surface area contributed by atoms with Crippen LogP contribution in [0.2, 0.25) is 0 Å². The molecule has 0 spiro atoms. The lowest BCUT2D eigenvalue weighted by Crippen LogP contribution is -2.30. The number of benzene rings is 1. The maximum Gasteiger partial charge on any atom is 0.287 e. The van der Waals surface area contributed by atoms with Crippen molar-refractivity contribution in [3.63, 3.8) is 0 Å². The summed E-state index contributed by atoms with van der Waals surface area (Å²) >= 11 is 0. The van der Waals surface area contributed by atoms with Crippen molar-refractivity contribution < 1.29 is 9.21 Å². The molecule has 84 valence electrons. The first-order valence-electron chi connectivity index (χ1n) is 5.38. The fourth-order valence-electron chi connectivity index (χ4n) is 1.72.